The Morgan fingerprint density at radius 1 is 1.47 bits per heavy atom. The van der Waals surface area contributed by atoms with E-state index in [1.54, 1.807) is 13.1 Å². The maximum absolute atomic E-state index is 4.54. The molecule has 0 unspecified atom stereocenters. The van der Waals surface area contributed by atoms with Crippen molar-refractivity contribution >= 4 is 11.6 Å². The lowest BCUT2D eigenvalue weighted by molar-refractivity contribution is 0.810. The molecule has 0 aliphatic rings. The maximum Gasteiger partial charge on any atom is 0.191 e. The fourth-order valence-corrected chi connectivity index (χ4v) is 1.81. The second-order valence-electron chi connectivity index (χ2n) is 4.12. The van der Waals surface area contributed by atoms with Crippen molar-refractivity contribution in [1.29, 1.82) is 0 Å². The van der Waals surface area contributed by atoms with Gasteiger partial charge in [0, 0.05) is 39.0 Å². The molecule has 0 saturated heterocycles. The molecule has 100 valence electrons. The van der Waals surface area contributed by atoms with Crippen LogP contribution in [0.3, 0.4) is 0 Å². The summed E-state index contributed by atoms with van der Waals surface area (Å²) in [6.07, 6.45) is 6.71. The zero-order valence-electron chi connectivity index (χ0n) is 11.1. The number of aromatic nitrogens is 2. The number of nitrogens with one attached hydrogen (secondary N) is 2. The van der Waals surface area contributed by atoms with Gasteiger partial charge in [-0.3, -0.25) is 4.99 Å². The van der Waals surface area contributed by atoms with E-state index in [2.05, 4.69) is 33.4 Å². The molecule has 5 heteroatoms. The zero-order valence-corrected chi connectivity index (χ0v) is 11.1. The average Bonchev–Trinajstić information content (AvgIpc) is 2.85. The number of nitrogens with zero attached hydrogens (tertiary/aromatic N) is 3. The Morgan fingerprint density at radius 3 is 3.11 bits per heavy atom. The summed E-state index contributed by atoms with van der Waals surface area (Å²) in [6.45, 7) is 5.16. The van der Waals surface area contributed by atoms with Crippen molar-refractivity contribution in [2.24, 2.45) is 4.99 Å². The minimum atomic E-state index is 0.702. The molecule has 0 radical (unpaired) electrons. The van der Waals surface area contributed by atoms with Gasteiger partial charge in [0.15, 0.2) is 5.96 Å². The second kappa shape index (κ2) is 6.58. The van der Waals surface area contributed by atoms with Crippen LogP contribution in [0.1, 0.15) is 5.69 Å². The summed E-state index contributed by atoms with van der Waals surface area (Å²) in [5.74, 6) is 0.781. The van der Waals surface area contributed by atoms with Gasteiger partial charge >= 0.3 is 0 Å². The van der Waals surface area contributed by atoms with E-state index in [-0.39, 0.29) is 0 Å². The normalized spacial score (nSPS) is 11.5. The van der Waals surface area contributed by atoms with Gasteiger partial charge in [-0.2, -0.15) is 0 Å². The van der Waals surface area contributed by atoms with E-state index >= 15 is 0 Å². The summed E-state index contributed by atoms with van der Waals surface area (Å²) in [7, 11) is 1.75. The quantitative estimate of drug-likeness (QED) is 0.481. The van der Waals surface area contributed by atoms with E-state index in [1.165, 1.54) is 0 Å². The first-order valence-corrected chi connectivity index (χ1v) is 6.31. The van der Waals surface area contributed by atoms with E-state index in [4.69, 9.17) is 0 Å². The van der Waals surface area contributed by atoms with Crippen molar-refractivity contribution in [1.82, 2.24) is 20.0 Å². The van der Waals surface area contributed by atoms with Crippen LogP contribution in [0.4, 0.5) is 0 Å². The van der Waals surface area contributed by atoms with Gasteiger partial charge in [0.1, 0.15) is 5.65 Å². The number of guanidine groups is 1. The van der Waals surface area contributed by atoms with E-state index in [9.17, 15) is 0 Å². The molecule has 0 fully saturated rings. The molecule has 2 N–H and O–H groups in total. The van der Waals surface area contributed by atoms with Gasteiger partial charge in [0.25, 0.3) is 0 Å². The van der Waals surface area contributed by atoms with Crippen molar-refractivity contribution in [3.8, 4) is 0 Å². The molecule has 2 rings (SSSR count). The van der Waals surface area contributed by atoms with Crippen LogP contribution in [0, 0.1) is 0 Å². The van der Waals surface area contributed by atoms with Gasteiger partial charge in [-0.15, -0.1) is 6.58 Å². The molecule has 5 nitrogen and oxygen atoms in total. The van der Waals surface area contributed by atoms with Crippen LogP contribution >= 0.6 is 0 Å². The van der Waals surface area contributed by atoms with E-state index in [0.717, 1.165) is 30.3 Å². The lowest BCUT2D eigenvalue weighted by Crippen LogP contribution is -2.38. The number of hydrogen-bond donors (Lipinski definition) is 2. The SMILES string of the molecule is C=CCNC(=NC)NCCc1cn2ccccc2n1. The minimum absolute atomic E-state index is 0.702. The van der Waals surface area contributed by atoms with Crippen molar-refractivity contribution in [3.63, 3.8) is 0 Å². The van der Waals surface area contributed by atoms with Gasteiger partial charge < -0.3 is 15.0 Å². The van der Waals surface area contributed by atoms with Gasteiger partial charge in [0.05, 0.1) is 5.69 Å². The van der Waals surface area contributed by atoms with Crippen LogP contribution in [0.5, 0.6) is 0 Å². The van der Waals surface area contributed by atoms with Crippen molar-refractivity contribution < 1.29 is 0 Å². The largest absolute Gasteiger partial charge is 0.356 e. The third-order valence-electron chi connectivity index (χ3n) is 2.72. The predicted molar refractivity (Wildman–Crippen MR) is 78.5 cm³/mol. The summed E-state index contributed by atoms with van der Waals surface area (Å²) in [5, 5.41) is 6.37. The lowest BCUT2D eigenvalue weighted by atomic mass is 10.3. The molecule has 0 saturated carbocycles. The molecule has 0 aromatic carbocycles. The molecule has 0 amide bonds. The smallest absolute Gasteiger partial charge is 0.191 e. The Hall–Kier alpha value is -2.30. The summed E-state index contributed by atoms with van der Waals surface area (Å²) in [6, 6.07) is 5.99. The number of hydrogen-bond acceptors (Lipinski definition) is 2. The van der Waals surface area contributed by atoms with Crippen molar-refractivity contribution in [3.05, 3.63) is 48.9 Å². The highest BCUT2D eigenvalue weighted by molar-refractivity contribution is 5.79. The zero-order chi connectivity index (χ0) is 13.5. The highest BCUT2D eigenvalue weighted by Gasteiger charge is 2.01. The number of fused-ring (bicyclic) bond motifs is 1. The molecule has 2 aromatic heterocycles. The molecule has 2 aromatic rings. The van der Waals surface area contributed by atoms with Crippen LogP contribution in [-0.2, 0) is 6.42 Å². The Bertz CT molecular complexity index is 537. The monoisotopic (exact) mass is 257 g/mol. The van der Waals surface area contributed by atoms with Crippen LogP contribution in [0.2, 0.25) is 0 Å². The highest BCUT2D eigenvalue weighted by atomic mass is 15.2. The van der Waals surface area contributed by atoms with Crippen molar-refractivity contribution in [2.45, 2.75) is 6.42 Å². The summed E-state index contributed by atoms with van der Waals surface area (Å²) >= 11 is 0. The Kier molecular flexibility index (Phi) is 4.55. The van der Waals surface area contributed by atoms with E-state index in [0.29, 0.717) is 6.54 Å². The molecular weight excluding hydrogens is 238 g/mol. The fourth-order valence-electron chi connectivity index (χ4n) is 1.81. The van der Waals surface area contributed by atoms with Gasteiger partial charge in [-0.1, -0.05) is 12.1 Å². The predicted octanol–water partition coefficient (Wildman–Crippen LogP) is 1.23. The van der Waals surface area contributed by atoms with E-state index in [1.807, 2.05) is 28.8 Å². The first kappa shape index (κ1) is 13.1. The third-order valence-corrected chi connectivity index (χ3v) is 2.72. The molecule has 0 aliphatic heterocycles. The van der Waals surface area contributed by atoms with E-state index < -0.39 is 0 Å². The third kappa shape index (κ3) is 3.58. The fraction of sp³-hybridized carbons (Fsp3) is 0.286. The Morgan fingerprint density at radius 2 is 2.37 bits per heavy atom. The Balaban J connectivity index is 1.86. The molecule has 0 atom stereocenters. The molecule has 0 spiro atoms. The first-order chi connectivity index (χ1) is 9.33. The Labute approximate surface area is 113 Å². The number of aliphatic imine (C=N–C) groups is 1. The molecule has 19 heavy (non-hydrogen) atoms. The molecule has 0 bridgehead atoms. The summed E-state index contributed by atoms with van der Waals surface area (Å²) < 4.78 is 2.03. The number of rotatable bonds is 5. The maximum atomic E-state index is 4.54. The lowest BCUT2D eigenvalue weighted by Gasteiger charge is -2.09. The second-order valence-corrected chi connectivity index (χ2v) is 4.12. The summed E-state index contributed by atoms with van der Waals surface area (Å²) in [5.41, 5.74) is 2.05. The van der Waals surface area contributed by atoms with Gasteiger partial charge in [-0.05, 0) is 12.1 Å². The van der Waals surface area contributed by atoms with Crippen LogP contribution in [0.15, 0.2) is 48.2 Å². The van der Waals surface area contributed by atoms with Crippen LogP contribution < -0.4 is 10.6 Å². The molecule has 2 heterocycles. The highest BCUT2D eigenvalue weighted by Crippen LogP contribution is 2.04. The van der Waals surface area contributed by atoms with Gasteiger partial charge in [-0.25, -0.2) is 4.98 Å². The standard InChI is InChI=1S/C14H19N5/c1-3-8-16-14(15-2)17-9-7-12-11-19-10-5-4-6-13(19)18-12/h3-6,10-11H,1,7-9H2,2H3,(H2,15,16,17). The van der Waals surface area contributed by atoms with Crippen LogP contribution in [0.25, 0.3) is 5.65 Å². The molecule has 0 aliphatic carbocycles. The molecular formula is C14H19N5. The van der Waals surface area contributed by atoms with Crippen LogP contribution in [-0.4, -0.2) is 35.5 Å². The topological polar surface area (TPSA) is 53.7 Å². The first-order valence-electron chi connectivity index (χ1n) is 6.31. The number of imidazole rings is 1. The summed E-state index contributed by atoms with van der Waals surface area (Å²) in [4.78, 5) is 8.66. The van der Waals surface area contributed by atoms with Gasteiger partial charge in [0.2, 0.25) is 0 Å². The minimum Gasteiger partial charge on any atom is -0.356 e. The number of pyridine rings is 1. The van der Waals surface area contributed by atoms with Crippen molar-refractivity contribution in [2.75, 3.05) is 20.1 Å². The average molecular weight is 257 g/mol.